The number of benzene rings is 2. The highest BCUT2D eigenvalue weighted by Gasteiger charge is 2.32. The summed E-state index contributed by atoms with van der Waals surface area (Å²) in [4.78, 5) is 12.9. The van der Waals surface area contributed by atoms with Gasteiger partial charge in [-0.05, 0) is 60.9 Å². The van der Waals surface area contributed by atoms with E-state index < -0.39 is 16.3 Å². The molecule has 2 N–H and O–H groups in total. The second kappa shape index (κ2) is 12.6. The van der Waals surface area contributed by atoms with Gasteiger partial charge in [-0.25, -0.2) is 8.42 Å². The largest absolute Gasteiger partial charge is 0.497 e. The first kappa shape index (κ1) is 27.9. The molecule has 0 bridgehead atoms. The number of carbonyl (C=O) groups excluding carboxylic acids is 1. The molecule has 0 unspecified atom stereocenters. The number of hydrogen-bond acceptors (Lipinski definition) is 8. The van der Waals surface area contributed by atoms with E-state index in [4.69, 9.17) is 18.9 Å². The predicted octanol–water partition coefficient (Wildman–Crippen LogP) is 2.40. The number of allylic oxidation sites excluding steroid dienone is 1. The van der Waals surface area contributed by atoms with Crippen LogP contribution in [0.2, 0.25) is 0 Å². The molecule has 1 aliphatic carbocycles. The molecule has 11 heteroatoms. The van der Waals surface area contributed by atoms with Crippen molar-refractivity contribution in [2.75, 3.05) is 40.5 Å². The number of rotatable bonds is 13. The van der Waals surface area contributed by atoms with Crippen LogP contribution in [0.1, 0.15) is 30.7 Å². The number of carbonyl (C=O) groups is 1. The summed E-state index contributed by atoms with van der Waals surface area (Å²) >= 11 is 0. The summed E-state index contributed by atoms with van der Waals surface area (Å²) in [6, 6.07) is 13.8. The molecule has 0 radical (unpaired) electrons. The van der Waals surface area contributed by atoms with Crippen LogP contribution in [-0.2, 0) is 24.3 Å². The molecular weight excluding hydrogens is 512 g/mol. The Balaban J connectivity index is 1.44. The van der Waals surface area contributed by atoms with Crippen LogP contribution in [0.5, 0.6) is 11.5 Å². The molecular formula is C27H34N2O8S. The van der Waals surface area contributed by atoms with Gasteiger partial charge < -0.3 is 29.4 Å². The SMILES string of the molecule is COc1ccc([C@H]2C=C(C(=O)NC3CC3)O[C@@H](OCCN(CCO)S(=O)(=O)c3ccc(OC)cc3)C2)cc1. The summed E-state index contributed by atoms with van der Waals surface area (Å²) < 4.78 is 49.7. The number of amides is 1. The normalized spacial score (nSPS) is 19.4. The Hall–Kier alpha value is -3.12. The molecule has 206 valence electrons. The van der Waals surface area contributed by atoms with Crippen molar-refractivity contribution in [1.82, 2.24) is 9.62 Å². The standard InChI is InChI=1S/C27H34N2O8S/c1-34-22-7-3-19(4-8-22)20-17-25(27(31)28-21-5-6-21)37-26(18-20)36-16-14-29(13-15-30)38(32,33)24-11-9-23(35-2)10-12-24/h3-4,7-12,17,20-21,26,30H,5-6,13-16,18H2,1-2H3,(H,28,31)/t20-,26+/m0/s1. The Morgan fingerprint density at radius 3 is 2.24 bits per heavy atom. The monoisotopic (exact) mass is 546 g/mol. The molecule has 0 aromatic heterocycles. The van der Waals surface area contributed by atoms with Crippen LogP contribution in [0, 0.1) is 0 Å². The Morgan fingerprint density at radius 2 is 1.66 bits per heavy atom. The number of nitrogens with zero attached hydrogens (tertiary/aromatic N) is 1. The van der Waals surface area contributed by atoms with Gasteiger partial charge in [0.1, 0.15) is 11.5 Å². The van der Waals surface area contributed by atoms with Crippen molar-refractivity contribution in [2.45, 2.75) is 42.4 Å². The quantitative estimate of drug-likeness (QED) is 0.393. The van der Waals surface area contributed by atoms with Gasteiger partial charge in [0.2, 0.25) is 16.3 Å². The second-order valence-corrected chi connectivity index (χ2v) is 11.1. The molecule has 0 saturated heterocycles. The van der Waals surface area contributed by atoms with Gasteiger partial charge >= 0.3 is 0 Å². The summed E-state index contributed by atoms with van der Waals surface area (Å²) in [7, 11) is -0.771. The Morgan fingerprint density at radius 1 is 1.03 bits per heavy atom. The summed E-state index contributed by atoms with van der Waals surface area (Å²) in [5.74, 6) is 1.02. The van der Waals surface area contributed by atoms with Crippen molar-refractivity contribution in [1.29, 1.82) is 0 Å². The summed E-state index contributed by atoms with van der Waals surface area (Å²) in [5.41, 5.74) is 0.975. The lowest BCUT2D eigenvalue weighted by Crippen LogP contribution is -2.38. The van der Waals surface area contributed by atoms with Gasteiger partial charge in [0.05, 0.1) is 32.3 Å². The van der Waals surface area contributed by atoms with Crippen molar-refractivity contribution in [3.63, 3.8) is 0 Å². The maximum atomic E-state index is 13.2. The first-order chi connectivity index (χ1) is 18.3. The van der Waals surface area contributed by atoms with Crippen LogP contribution in [0.3, 0.4) is 0 Å². The lowest BCUT2D eigenvalue weighted by molar-refractivity contribution is -0.146. The molecule has 0 spiro atoms. The van der Waals surface area contributed by atoms with E-state index in [1.54, 1.807) is 25.3 Å². The molecule has 2 aliphatic rings. The topological polar surface area (TPSA) is 124 Å². The van der Waals surface area contributed by atoms with Crippen LogP contribution in [-0.4, -0.2) is 76.6 Å². The van der Waals surface area contributed by atoms with Crippen molar-refractivity contribution in [2.24, 2.45) is 0 Å². The molecule has 38 heavy (non-hydrogen) atoms. The van der Waals surface area contributed by atoms with E-state index >= 15 is 0 Å². The first-order valence-electron chi connectivity index (χ1n) is 12.5. The fraction of sp³-hybridized carbons (Fsp3) is 0.444. The minimum absolute atomic E-state index is 0.00466. The molecule has 1 amide bonds. The molecule has 1 fully saturated rings. The highest BCUT2D eigenvalue weighted by molar-refractivity contribution is 7.89. The molecule has 1 heterocycles. The zero-order valence-corrected chi connectivity index (χ0v) is 22.4. The fourth-order valence-electron chi connectivity index (χ4n) is 4.13. The third kappa shape index (κ3) is 7.04. The Kier molecular flexibility index (Phi) is 9.26. The van der Waals surface area contributed by atoms with Gasteiger partial charge in [0, 0.05) is 31.5 Å². The predicted molar refractivity (Wildman–Crippen MR) is 139 cm³/mol. The van der Waals surface area contributed by atoms with Gasteiger partial charge in [0.15, 0.2) is 5.76 Å². The summed E-state index contributed by atoms with van der Waals surface area (Å²) in [5, 5.41) is 12.4. The van der Waals surface area contributed by atoms with E-state index in [1.165, 1.54) is 19.2 Å². The van der Waals surface area contributed by atoms with Gasteiger partial charge in [-0.1, -0.05) is 12.1 Å². The molecule has 10 nitrogen and oxygen atoms in total. The number of aliphatic hydroxyl groups excluding tert-OH is 1. The fourth-order valence-corrected chi connectivity index (χ4v) is 5.55. The highest BCUT2D eigenvalue weighted by atomic mass is 32.2. The molecule has 2 atom stereocenters. The third-order valence-corrected chi connectivity index (χ3v) is 8.34. The average Bonchev–Trinajstić information content (AvgIpc) is 3.76. The minimum atomic E-state index is -3.87. The number of methoxy groups -OCH3 is 2. The van der Waals surface area contributed by atoms with Crippen LogP contribution in [0.15, 0.2) is 65.3 Å². The Labute approximate surface area is 223 Å². The van der Waals surface area contributed by atoms with E-state index in [2.05, 4.69) is 5.32 Å². The smallest absolute Gasteiger partial charge is 0.286 e. The van der Waals surface area contributed by atoms with Crippen molar-refractivity contribution >= 4 is 15.9 Å². The number of ether oxygens (including phenoxy) is 4. The van der Waals surface area contributed by atoms with Crippen LogP contribution in [0.4, 0.5) is 0 Å². The lowest BCUT2D eigenvalue weighted by Gasteiger charge is -2.30. The first-order valence-corrected chi connectivity index (χ1v) is 14.0. The van der Waals surface area contributed by atoms with E-state index in [9.17, 15) is 18.3 Å². The number of sulfonamides is 1. The molecule has 1 aliphatic heterocycles. The summed E-state index contributed by atoms with van der Waals surface area (Å²) in [6.07, 6.45) is 3.38. The highest BCUT2D eigenvalue weighted by Crippen LogP contribution is 2.33. The van der Waals surface area contributed by atoms with Crippen molar-refractivity contribution < 1.29 is 37.3 Å². The molecule has 4 rings (SSSR count). The van der Waals surface area contributed by atoms with E-state index in [1.807, 2.05) is 24.3 Å². The summed E-state index contributed by atoms with van der Waals surface area (Å²) in [6.45, 7) is -0.433. The number of nitrogens with one attached hydrogen (secondary N) is 1. The second-order valence-electron chi connectivity index (χ2n) is 9.12. The van der Waals surface area contributed by atoms with Gasteiger partial charge in [-0.15, -0.1) is 0 Å². The van der Waals surface area contributed by atoms with Crippen LogP contribution >= 0.6 is 0 Å². The Bertz CT molecular complexity index is 1210. The number of hydrogen-bond donors (Lipinski definition) is 2. The average molecular weight is 547 g/mol. The van der Waals surface area contributed by atoms with Crippen LogP contribution < -0.4 is 14.8 Å². The maximum absolute atomic E-state index is 13.2. The molecule has 2 aromatic carbocycles. The van der Waals surface area contributed by atoms with E-state index in [0.717, 1.165) is 28.5 Å². The zero-order valence-electron chi connectivity index (χ0n) is 21.5. The minimum Gasteiger partial charge on any atom is -0.497 e. The zero-order chi connectivity index (χ0) is 27.1. The molecule has 2 aromatic rings. The van der Waals surface area contributed by atoms with Crippen LogP contribution in [0.25, 0.3) is 0 Å². The van der Waals surface area contributed by atoms with Gasteiger partial charge in [-0.2, -0.15) is 4.31 Å². The van der Waals surface area contributed by atoms with E-state index in [-0.39, 0.29) is 54.8 Å². The number of aliphatic hydroxyl groups is 1. The van der Waals surface area contributed by atoms with E-state index in [0.29, 0.717) is 12.2 Å². The van der Waals surface area contributed by atoms with Crippen molar-refractivity contribution in [3.05, 3.63) is 65.9 Å². The third-order valence-electron chi connectivity index (χ3n) is 6.43. The van der Waals surface area contributed by atoms with Gasteiger partial charge in [-0.3, -0.25) is 4.79 Å². The van der Waals surface area contributed by atoms with Crippen molar-refractivity contribution in [3.8, 4) is 11.5 Å². The lowest BCUT2D eigenvalue weighted by atomic mass is 9.93. The molecule has 1 saturated carbocycles. The maximum Gasteiger partial charge on any atom is 0.286 e. The van der Waals surface area contributed by atoms with Gasteiger partial charge in [0.25, 0.3) is 5.91 Å².